The number of carbonyl (C=O) groups is 2. The first-order valence-corrected chi connectivity index (χ1v) is 11.4. The van der Waals surface area contributed by atoms with E-state index < -0.39 is 0 Å². The molecule has 1 heterocycles. The second-order valence-corrected chi connectivity index (χ2v) is 9.36. The van der Waals surface area contributed by atoms with Gasteiger partial charge in [-0.3, -0.25) is 9.59 Å². The van der Waals surface area contributed by atoms with Crippen LogP contribution in [0.5, 0.6) is 5.75 Å². The highest BCUT2D eigenvalue weighted by molar-refractivity contribution is 6.09. The Labute approximate surface area is 201 Å². The fraction of sp³-hybridized carbons (Fsp3) is 0.241. The molecule has 0 saturated carbocycles. The third-order valence-corrected chi connectivity index (χ3v) is 6.01. The molecule has 1 N–H and O–H groups in total. The number of ketones is 1. The predicted octanol–water partition coefficient (Wildman–Crippen LogP) is 5.12. The van der Waals surface area contributed by atoms with E-state index in [2.05, 4.69) is 25.2 Å². The zero-order valence-corrected chi connectivity index (χ0v) is 20.1. The molecule has 0 saturated heterocycles. The van der Waals surface area contributed by atoms with Gasteiger partial charge in [-0.1, -0.05) is 48.5 Å². The number of rotatable bonds is 6. The Kier molecular flexibility index (Phi) is 6.55. The molecule has 174 valence electrons. The maximum absolute atomic E-state index is 13.1. The molecule has 0 aliphatic carbocycles. The quantitative estimate of drug-likeness (QED) is 0.415. The largest absolute Gasteiger partial charge is 0.497 e. The lowest BCUT2D eigenvalue weighted by molar-refractivity contribution is 0.0784. The second kappa shape index (κ2) is 9.56. The monoisotopic (exact) mass is 454 g/mol. The Morgan fingerprint density at radius 3 is 2.35 bits per heavy atom. The first-order chi connectivity index (χ1) is 16.3. The van der Waals surface area contributed by atoms with E-state index in [1.807, 2.05) is 42.5 Å². The highest BCUT2D eigenvalue weighted by Gasteiger charge is 2.28. The number of amides is 1. The number of allylic oxidation sites excluding steroid dienone is 1. The first-order valence-electron chi connectivity index (χ1n) is 11.4. The van der Waals surface area contributed by atoms with Crippen LogP contribution in [0.15, 0.2) is 78.9 Å². The fourth-order valence-electron chi connectivity index (χ4n) is 4.29. The lowest BCUT2D eigenvalue weighted by atomic mass is 9.85. The van der Waals surface area contributed by atoms with Gasteiger partial charge in [0.25, 0.3) is 5.91 Å². The van der Waals surface area contributed by atoms with Crippen molar-refractivity contribution in [3.8, 4) is 5.75 Å². The molecule has 3 aromatic rings. The Balaban J connectivity index is 1.53. The molecule has 0 unspecified atom stereocenters. The van der Waals surface area contributed by atoms with Gasteiger partial charge < -0.3 is 15.0 Å². The smallest absolute Gasteiger partial charge is 0.253 e. The van der Waals surface area contributed by atoms with Gasteiger partial charge in [0.2, 0.25) is 0 Å². The van der Waals surface area contributed by atoms with Crippen LogP contribution >= 0.6 is 0 Å². The summed E-state index contributed by atoms with van der Waals surface area (Å²) in [5, 5.41) is 3.49. The van der Waals surface area contributed by atoms with Crippen molar-refractivity contribution in [3.05, 3.63) is 107 Å². The van der Waals surface area contributed by atoms with Crippen molar-refractivity contribution in [1.82, 2.24) is 10.2 Å². The van der Waals surface area contributed by atoms with Crippen LogP contribution in [-0.4, -0.2) is 36.3 Å². The minimum Gasteiger partial charge on any atom is -0.497 e. The lowest BCUT2D eigenvalue weighted by Gasteiger charge is -2.35. The summed E-state index contributed by atoms with van der Waals surface area (Å²) in [6, 6.07) is 22.7. The number of fused-ring (bicyclic) bond motifs is 1. The standard InChI is InChI=1S/C29H30N2O3/c1-29(2)18-23-14-15-24(34-4)16-25(23)26(30-29)17-27(32)21-10-12-22(13-11-21)28(33)31(3)19-20-8-6-5-7-9-20/h5-17,30H,18-19H2,1-4H3. The number of nitrogens with zero attached hydrogens (tertiary/aromatic N) is 1. The van der Waals surface area contributed by atoms with Crippen molar-refractivity contribution in [2.75, 3.05) is 14.2 Å². The molecule has 34 heavy (non-hydrogen) atoms. The molecule has 0 atom stereocenters. The van der Waals surface area contributed by atoms with Gasteiger partial charge in [-0.25, -0.2) is 0 Å². The van der Waals surface area contributed by atoms with E-state index in [1.165, 1.54) is 5.56 Å². The van der Waals surface area contributed by atoms with Crippen molar-refractivity contribution in [3.63, 3.8) is 0 Å². The number of carbonyl (C=O) groups excluding carboxylic acids is 2. The normalized spacial score (nSPS) is 15.2. The van der Waals surface area contributed by atoms with Gasteiger partial charge in [0.05, 0.1) is 7.11 Å². The Morgan fingerprint density at radius 2 is 1.68 bits per heavy atom. The third-order valence-electron chi connectivity index (χ3n) is 6.01. The molecule has 5 heteroatoms. The second-order valence-electron chi connectivity index (χ2n) is 9.36. The number of nitrogens with one attached hydrogen (secondary N) is 1. The molecule has 0 aromatic heterocycles. The Bertz CT molecular complexity index is 1230. The molecule has 5 nitrogen and oxygen atoms in total. The van der Waals surface area contributed by atoms with E-state index in [0.29, 0.717) is 17.7 Å². The fourth-order valence-corrected chi connectivity index (χ4v) is 4.29. The van der Waals surface area contributed by atoms with Gasteiger partial charge >= 0.3 is 0 Å². The summed E-state index contributed by atoms with van der Waals surface area (Å²) in [5.74, 6) is 0.546. The van der Waals surface area contributed by atoms with E-state index in [-0.39, 0.29) is 17.2 Å². The number of methoxy groups -OCH3 is 1. The molecule has 0 radical (unpaired) electrons. The zero-order chi connectivity index (χ0) is 24.3. The SMILES string of the molecule is COc1ccc2c(c1)C(=CC(=O)c1ccc(C(=O)N(C)Cc3ccccc3)cc1)NC(C)(C)C2. The molecule has 3 aromatic carbocycles. The highest BCUT2D eigenvalue weighted by Crippen LogP contribution is 2.32. The van der Waals surface area contributed by atoms with Crippen molar-refractivity contribution < 1.29 is 14.3 Å². The molecule has 1 aliphatic heterocycles. The summed E-state index contributed by atoms with van der Waals surface area (Å²) in [7, 11) is 3.41. The van der Waals surface area contributed by atoms with Crippen LogP contribution in [0.4, 0.5) is 0 Å². The molecule has 0 spiro atoms. The van der Waals surface area contributed by atoms with Gasteiger partial charge in [-0.05, 0) is 55.7 Å². The van der Waals surface area contributed by atoms with E-state index >= 15 is 0 Å². The van der Waals surface area contributed by atoms with Crippen LogP contribution in [0.2, 0.25) is 0 Å². The van der Waals surface area contributed by atoms with Gasteiger partial charge in [0.15, 0.2) is 5.78 Å². The van der Waals surface area contributed by atoms with Crippen LogP contribution in [0, 0.1) is 0 Å². The van der Waals surface area contributed by atoms with Crippen LogP contribution in [0.25, 0.3) is 5.70 Å². The van der Waals surface area contributed by atoms with Crippen molar-refractivity contribution in [2.45, 2.75) is 32.4 Å². The van der Waals surface area contributed by atoms with E-state index in [4.69, 9.17) is 4.74 Å². The summed E-state index contributed by atoms with van der Waals surface area (Å²) in [6.07, 6.45) is 2.49. The van der Waals surface area contributed by atoms with Crippen LogP contribution in [0.3, 0.4) is 0 Å². The molecule has 4 rings (SSSR count). The van der Waals surface area contributed by atoms with E-state index in [1.54, 1.807) is 49.4 Å². The van der Waals surface area contributed by atoms with Crippen molar-refractivity contribution in [1.29, 1.82) is 0 Å². The van der Waals surface area contributed by atoms with Gasteiger partial charge in [0, 0.05) is 47.6 Å². The zero-order valence-electron chi connectivity index (χ0n) is 20.1. The number of benzene rings is 3. The molecular formula is C29H30N2O3. The van der Waals surface area contributed by atoms with E-state index in [0.717, 1.165) is 29.0 Å². The topological polar surface area (TPSA) is 58.6 Å². The first kappa shape index (κ1) is 23.3. The van der Waals surface area contributed by atoms with Crippen molar-refractivity contribution in [2.24, 2.45) is 0 Å². The number of hydrogen-bond acceptors (Lipinski definition) is 4. The van der Waals surface area contributed by atoms with Crippen LogP contribution in [0.1, 0.15) is 51.3 Å². The molecule has 1 aliphatic rings. The summed E-state index contributed by atoms with van der Waals surface area (Å²) < 4.78 is 5.39. The number of hydrogen-bond donors (Lipinski definition) is 1. The average Bonchev–Trinajstić information content (AvgIpc) is 2.83. The summed E-state index contributed by atoms with van der Waals surface area (Å²) in [5.41, 5.74) is 4.90. The third kappa shape index (κ3) is 5.20. The summed E-state index contributed by atoms with van der Waals surface area (Å²) in [6.45, 7) is 4.76. The average molecular weight is 455 g/mol. The summed E-state index contributed by atoms with van der Waals surface area (Å²) in [4.78, 5) is 27.6. The molecule has 0 bridgehead atoms. The van der Waals surface area contributed by atoms with Crippen LogP contribution < -0.4 is 10.1 Å². The van der Waals surface area contributed by atoms with Gasteiger partial charge in [-0.15, -0.1) is 0 Å². The van der Waals surface area contributed by atoms with E-state index in [9.17, 15) is 9.59 Å². The van der Waals surface area contributed by atoms with Crippen molar-refractivity contribution >= 4 is 17.4 Å². The van der Waals surface area contributed by atoms with Gasteiger partial charge in [0.1, 0.15) is 5.75 Å². The minimum absolute atomic E-state index is 0.0853. The Morgan fingerprint density at radius 1 is 1.00 bits per heavy atom. The maximum Gasteiger partial charge on any atom is 0.253 e. The minimum atomic E-state index is -0.173. The molecule has 1 amide bonds. The van der Waals surface area contributed by atoms with Crippen LogP contribution in [-0.2, 0) is 13.0 Å². The number of ether oxygens (including phenoxy) is 1. The lowest BCUT2D eigenvalue weighted by Crippen LogP contribution is -2.43. The summed E-state index contributed by atoms with van der Waals surface area (Å²) >= 11 is 0. The van der Waals surface area contributed by atoms with Gasteiger partial charge in [-0.2, -0.15) is 0 Å². The Hall–Kier alpha value is -3.86. The molecular weight excluding hydrogens is 424 g/mol. The highest BCUT2D eigenvalue weighted by atomic mass is 16.5. The maximum atomic E-state index is 13.1. The predicted molar refractivity (Wildman–Crippen MR) is 135 cm³/mol. The molecule has 0 fully saturated rings.